The number of non-ortho nitro benzene ring substituents is 1. The van der Waals surface area contributed by atoms with Gasteiger partial charge in [0.2, 0.25) is 0 Å². The third-order valence-corrected chi connectivity index (χ3v) is 7.19. The lowest BCUT2D eigenvalue weighted by Crippen LogP contribution is -2.27. The number of nitrogens with zero attached hydrogens (tertiary/aromatic N) is 3. The van der Waals surface area contributed by atoms with Gasteiger partial charge in [-0.1, -0.05) is 65.6 Å². The maximum absolute atomic E-state index is 13.0. The van der Waals surface area contributed by atoms with E-state index in [1.165, 1.54) is 47.0 Å². The van der Waals surface area contributed by atoms with Gasteiger partial charge in [0.05, 0.1) is 25.3 Å². The summed E-state index contributed by atoms with van der Waals surface area (Å²) in [6.07, 6.45) is 1.53. The number of benzene rings is 3. The van der Waals surface area contributed by atoms with Gasteiger partial charge in [-0.25, -0.2) is 0 Å². The van der Waals surface area contributed by atoms with Gasteiger partial charge in [-0.3, -0.25) is 29.9 Å². The molecule has 1 fully saturated rings. The van der Waals surface area contributed by atoms with Crippen LogP contribution in [0.4, 0.5) is 17.1 Å². The number of aryl methyl sites for hydroxylation is 1. The van der Waals surface area contributed by atoms with Crippen molar-refractivity contribution in [2.75, 3.05) is 4.90 Å². The zero-order valence-electron chi connectivity index (χ0n) is 17.5. The molecule has 0 N–H and O–H groups in total. The molecule has 1 aliphatic heterocycles. The molecule has 0 atom stereocenters. The third kappa shape index (κ3) is 5.01. The number of carbonyl (C=O) groups is 1. The van der Waals surface area contributed by atoms with E-state index in [-0.39, 0.29) is 26.3 Å². The van der Waals surface area contributed by atoms with Crippen LogP contribution in [-0.4, -0.2) is 20.1 Å². The number of nitro groups is 2. The van der Waals surface area contributed by atoms with Crippen molar-refractivity contribution >= 4 is 69.1 Å². The molecule has 1 heterocycles. The largest absolute Gasteiger partial charge is 0.283 e. The molecule has 0 unspecified atom stereocenters. The van der Waals surface area contributed by atoms with Gasteiger partial charge in [-0.05, 0) is 42.8 Å². The number of rotatable bonds is 6. The van der Waals surface area contributed by atoms with Gasteiger partial charge in [0.25, 0.3) is 17.3 Å². The molecule has 8 nitrogen and oxygen atoms in total. The van der Waals surface area contributed by atoms with Crippen molar-refractivity contribution in [3.63, 3.8) is 0 Å². The Balaban J connectivity index is 1.63. The molecule has 0 radical (unpaired) electrons. The number of nitro benzene ring substituents is 2. The van der Waals surface area contributed by atoms with Gasteiger partial charge in [-0.2, -0.15) is 0 Å². The molecule has 1 amide bonds. The fourth-order valence-electron chi connectivity index (χ4n) is 3.17. The van der Waals surface area contributed by atoms with Crippen LogP contribution in [0.2, 0.25) is 0 Å². The van der Waals surface area contributed by atoms with Crippen LogP contribution in [0, 0.1) is 27.2 Å². The first-order valence-corrected chi connectivity index (χ1v) is 11.8. The lowest BCUT2D eigenvalue weighted by Gasteiger charge is -2.13. The number of hydrogen-bond donors (Lipinski definition) is 0. The summed E-state index contributed by atoms with van der Waals surface area (Å²) >= 11 is 7.64. The van der Waals surface area contributed by atoms with Crippen LogP contribution in [0.1, 0.15) is 11.1 Å². The maximum atomic E-state index is 13.0. The Hall–Kier alpha value is -3.54. The Morgan fingerprint density at radius 1 is 1.00 bits per heavy atom. The molecule has 0 aromatic heterocycles. The fraction of sp³-hybridized carbons (Fsp3) is 0.0435. The van der Waals surface area contributed by atoms with E-state index in [2.05, 4.69) is 0 Å². The summed E-state index contributed by atoms with van der Waals surface area (Å²) in [6.45, 7) is 1.97. The summed E-state index contributed by atoms with van der Waals surface area (Å²) in [6, 6.07) is 18.1. The molecule has 0 saturated carbocycles. The zero-order chi connectivity index (χ0) is 24.4. The second-order valence-electron chi connectivity index (χ2n) is 7.19. The Kier molecular flexibility index (Phi) is 6.77. The zero-order valence-corrected chi connectivity index (χ0v) is 20.0. The number of thioether (sulfide) groups is 1. The molecular formula is C23H15N3O5S3. The molecule has 1 aliphatic rings. The fourth-order valence-corrected chi connectivity index (χ4v) is 5.37. The van der Waals surface area contributed by atoms with Gasteiger partial charge >= 0.3 is 0 Å². The minimum atomic E-state index is -0.549. The quantitative estimate of drug-likeness (QED) is 0.163. The Bertz CT molecular complexity index is 1370. The average molecular weight is 510 g/mol. The van der Waals surface area contributed by atoms with E-state index in [4.69, 9.17) is 12.2 Å². The minimum absolute atomic E-state index is 0.0755. The number of amides is 1. The molecule has 0 spiro atoms. The lowest BCUT2D eigenvalue weighted by molar-refractivity contribution is -0.387. The highest BCUT2D eigenvalue weighted by Crippen LogP contribution is 2.39. The van der Waals surface area contributed by atoms with Gasteiger partial charge < -0.3 is 0 Å². The molecule has 3 aromatic rings. The molecule has 0 bridgehead atoms. The lowest BCUT2D eigenvalue weighted by atomic mass is 10.2. The van der Waals surface area contributed by atoms with E-state index in [1.807, 2.05) is 31.2 Å². The van der Waals surface area contributed by atoms with Gasteiger partial charge in [0.15, 0.2) is 4.32 Å². The summed E-state index contributed by atoms with van der Waals surface area (Å²) in [5.74, 6) is -0.448. The van der Waals surface area contributed by atoms with E-state index >= 15 is 0 Å². The number of anilines is 1. The Labute approximate surface area is 208 Å². The standard InChI is InChI=1S/C23H15N3O5S3/c1-14-5-8-18(9-6-14)33-20-10-7-15(11-19(20)26(30)31)12-21-22(27)24(23(32)34-21)16-3-2-4-17(13-16)25(28)29/h2-13H,1H3/b21-12+. The van der Waals surface area contributed by atoms with Crippen LogP contribution in [0.15, 0.2) is 81.4 Å². The van der Waals surface area contributed by atoms with E-state index in [1.54, 1.807) is 18.2 Å². The molecule has 170 valence electrons. The first-order valence-electron chi connectivity index (χ1n) is 9.78. The molecule has 0 aliphatic carbocycles. The normalized spacial score (nSPS) is 14.6. The summed E-state index contributed by atoms with van der Waals surface area (Å²) in [5, 5.41) is 22.8. The predicted molar refractivity (Wildman–Crippen MR) is 137 cm³/mol. The highest BCUT2D eigenvalue weighted by molar-refractivity contribution is 8.27. The van der Waals surface area contributed by atoms with Crippen LogP contribution < -0.4 is 4.90 Å². The monoisotopic (exact) mass is 509 g/mol. The van der Waals surface area contributed by atoms with E-state index in [9.17, 15) is 25.0 Å². The van der Waals surface area contributed by atoms with Gasteiger partial charge in [0, 0.05) is 23.1 Å². The second kappa shape index (κ2) is 9.75. The third-order valence-electron chi connectivity index (χ3n) is 4.82. The van der Waals surface area contributed by atoms with Crippen molar-refractivity contribution in [3.8, 4) is 0 Å². The van der Waals surface area contributed by atoms with Gasteiger partial charge in [0.1, 0.15) is 0 Å². The van der Waals surface area contributed by atoms with Crippen LogP contribution in [0.5, 0.6) is 0 Å². The first kappa shape index (κ1) is 23.6. The molecule has 4 rings (SSSR count). The first-order chi connectivity index (χ1) is 16.2. The van der Waals surface area contributed by atoms with Crippen LogP contribution in [-0.2, 0) is 4.79 Å². The van der Waals surface area contributed by atoms with E-state index in [0.29, 0.717) is 10.5 Å². The summed E-state index contributed by atoms with van der Waals surface area (Å²) in [7, 11) is 0. The van der Waals surface area contributed by atoms with Crippen molar-refractivity contribution in [2.24, 2.45) is 0 Å². The van der Waals surface area contributed by atoms with E-state index < -0.39 is 15.8 Å². The summed E-state index contributed by atoms with van der Waals surface area (Å²) in [4.78, 5) is 37.6. The summed E-state index contributed by atoms with van der Waals surface area (Å²) < 4.78 is 0.220. The van der Waals surface area contributed by atoms with Gasteiger partial charge in [-0.15, -0.1) is 0 Å². The predicted octanol–water partition coefficient (Wildman–Crippen LogP) is 6.37. The SMILES string of the molecule is Cc1ccc(Sc2ccc(/C=C3/SC(=S)N(c4cccc([N+](=O)[O-])c4)C3=O)cc2[N+](=O)[O-])cc1. The highest BCUT2D eigenvalue weighted by Gasteiger charge is 2.34. The maximum Gasteiger partial charge on any atom is 0.283 e. The van der Waals surface area contributed by atoms with Crippen molar-refractivity contribution in [1.82, 2.24) is 0 Å². The highest BCUT2D eigenvalue weighted by atomic mass is 32.2. The number of thiocarbonyl (C=S) groups is 1. The second-order valence-corrected chi connectivity index (χ2v) is 9.98. The molecule has 1 saturated heterocycles. The molecule has 34 heavy (non-hydrogen) atoms. The number of hydrogen-bond acceptors (Lipinski definition) is 8. The smallest absolute Gasteiger partial charge is 0.268 e. The average Bonchev–Trinajstić information content (AvgIpc) is 3.08. The molecule has 3 aromatic carbocycles. The van der Waals surface area contributed by atoms with Crippen molar-refractivity contribution in [3.05, 3.63) is 103 Å². The Morgan fingerprint density at radius 2 is 1.74 bits per heavy atom. The molecular weight excluding hydrogens is 494 g/mol. The summed E-state index contributed by atoms with van der Waals surface area (Å²) in [5.41, 5.74) is 1.62. The topological polar surface area (TPSA) is 107 Å². The Morgan fingerprint density at radius 3 is 2.41 bits per heavy atom. The van der Waals surface area contributed by atoms with Crippen LogP contribution >= 0.6 is 35.7 Å². The number of carbonyl (C=O) groups excluding carboxylic acids is 1. The van der Waals surface area contributed by atoms with Crippen LogP contribution in [0.3, 0.4) is 0 Å². The minimum Gasteiger partial charge on any atom is -0.268 e. The molecule has 11 heteroatoms. The van der Waals surface area contributed by atoms with Crippen molar-refractivity contribution < 1.29 is 14.6 Å². The van der Waals surface area contributed by atoms with Crippen molar-refractivity contribution in [1.29, 1.82) is 0 Å². The van der Waals surface area contributed by atoms with Crippen molar-refractivity contribution in [2.45, 2.75) is 16.7 Å². The van der Waals surface area contributed by atoms with E-state index in [0.717, 1.165) is 22.2 Å². The van der Waals surface area contributed by atoms with Crippen LogP contribution in [0.25, 0.3) is 6.08 Å².